The molecule has 5 aromatic rings. The van der Waals surface area contributed by atoms with Crippen LogP contribution in [0.1, 0.15) is 16.8 Å². The second kappa shape index (κ2) is 9.05. The predicted octanol–water partition coefficient (Wildman–Crippen LogP) is 3.73. The number of rotatable bonds is 6. The first-order valence-electron chi connectivity index (χ1n) is 10.7. The molecule has 0 aliphatic rings. The van der Waals surface area contributed by atoms with Crippen molar-refractivity contribution >= 4 is 22.5 Å². The fourth-order valence-corrected chi connectivity index (χ4v) is 3.70. The van der Waals surface area contributed by atoms with Crippen molar-refractivity contribution in [3.63, 3.8) is 0 Å². The van der Waals surface area contributed by atoms with Gasteiger partial charge in [0.15, 0.2) is 5.82 Å². The van der Waals surface area contributed by atoms with Crippen molar-refractivity contribution in [2.24, 2.45) is 0 Å². The van der Waals surface area contributed by atoms with E-state index < -0.39 is 0 Å². The number of anilines is 2. The van der Waals surface area contributed by atoms with Crippen LogP contribution in [0.15, 0.2) is 67.3 Å². The number of nitrogens with one attached hydrogen (secondary N) is 1. The summed E-state index contributed by atoms with van der Waals surface area (Å²) in [5.41, 5.74) is 6.10. The number of pyridine rings is 2. The summed E-state index contributed by atoms with van der Waals surface area (Å²) in [5.74, 6) is 1.33. The van der Waals surface area contributed by atoms with Gasteiger partial charge >= 0.3 is 0 Å². The highest BCUT2D eigenvalue weighted by atomic mass is 16.2. The van der Waals surface area contributed by atoms with E-state index >= 15 is 0 Å². The Morgan fingerprint density at radius 1 is 1.06 bits per heavy atom. The summed E-state index contributed by atoms with van der Waals surface area (Å²) in [6, 6.07) is 17.3. The first-order chi connectivity index (χ1) is 16.6. The molecule has 0 amide bonds. The molecule has 0 spiro atoms. The van der Waals surface area contributed by atoms with E-state index in [1.54, 1.807) is 18.6 Å². The number of aliphatic hydroxyl groups excluding tert-OH is 1. The van der Waals surface area contributed by atoms with Gasteiger partial charge in [-0.25, -0.2) is 9.97 Å². The zero-order valence-corrected chi connectivity index (χ0v) is 18.3. The molecule has 0 atom stereocenters. The van der Waals surface area contributed by atoms with Crippen LogP contribution in [0.4, 0.5) is 11.5 Å². The van der Waals surface area contributed by atoms with Crippen LogP contribution in [0.3, 0.4) is 0 Å². The fourth-order valence-electron chi connectivity index (χ4n) is 3.70. The zero-order valence-electron chi connectivity index (χ0n) is 18.3. The SMILES string of the molecule is Cc1ccc(Nc2ccc3c(c2)ncn3-c2ccc(CCO)c(-c3cncc(C#N)c3)n2)nn1. The number of hydrogen-bond donors (Lipinski definition) is 2. The van der Waals surface area contributed by atoms with Crippen LogP contribution >= 0.6 is 0 Å². The number of aryl methyl sites for hydroxylation is 1. The van der Waals surface area contributed by atoms with Gasteiger partial charge in [0, 0.05) is 30.3 Å². The van der Waals surface area contributed by atoms with Gasteiger partial charge in [0.2, 0.25) is 0 Å². The summed E-state index contributed by atoms with van der Waals surface area (Å²) < 4.78 is 1.90. The topological polar surface area (TPSA) is 125 Å². The quantitative estimate of drug-likeness (QED) is 0.402. The number of aromatic nitrogens is 6. The van der Waals surface area contributed by atoms with E-state index in [0.29, 0.717) is 29.3 Å². The summed E-state index contributed by atoms with van der Waals surface area (Å²) in [7, 11) is 0. The van der Waals surface area contributed by atoms with E-state index in [1.807, 2.05) is 54.0 Å². The summed E-state index contributed by atoms with van der Waals surface area (Å²) in [5, 5.41) is 30.2. The van der Waals surface area contributed by atoms with E-state index in [4.69, 9.17) is 4.98 Å². The van der Waals surface area contributed by atoms with Crippen LogP contribution in [-0.2, 0) is 6.42 Å². The van der Waals surface area contributed by atoms with Crippen molar-refractivity contribution < 1.29 is 5.11 Å². The largest absolute Gasteiger partial charge is 0.396 e. The van der Waals surface area contributed by atoms with Gasteiger partial charge in [-0.05, 0) is 61.4 Å². The molecule has 0 radical (unpaired) electrons. The highest BCUT2D eigenvalue weighted by Crippen LogP contribution is 2.27. The van der Waals surface area contributed by atoms with Crippen molar-refractivity contribution in [1.29, 1.82) is 5.26 Å². The van der Waals surface area contributed by atoms with Crippen molar-refractivity contribution in [2.75, 3.05) is 11.9 Å². The Bertz CT molecular complexity index is 1520. The Kier molecular flexibility index (Phi) is 5.64. The lowest BCUT2D eigenvalue weighted by atomic mass is 10.0. The first-order valence-corrected chi connectivity index (χ1v) is 10.7. The fraction of sp³-hybridized carbons (Fsp3) is 0.120. The van der Waals surface area contributed by atoms with Gasteiger partial charge in [-0.3, -0.25) is 9.55 Å². The minimum Gasteiger partial charge on any atom is -0.396 e. The molecule has 34 heavy (non-hydrogen) atoms. The lowest BCUT2D eigenvalue weighted by molar-refractivity contribution is 0.299. The van der Waals surface area contributed by atoms with E-state index in [2.05, 4.69) is 31.6 Å². The number of hydrogen-bond acceptors (Lipinski definition) is 8. The smallest absolute Gasteiger partial charge is 0.153 e. The highest BCUT2D eigenvalue weighted by Gasteiger charge is 2.13. The summed E-state index contributed by atoms with van der Waals surface area (Å²) in [6.45, 7) is 1.89. The minimum atomic E-state index is -0.00542. The number of aliphatic hydroxyl groups is 1. The van der Waals surface area contributed by atoms with E-state index in [-0.39, 0.29) is 6.61 Å². The third-order valence-electron chi connectivity index (χ3n) is 5.35. The summed E-state index contributed by atoms with van der Waals surface area (Å²) in [4.78, 5) is 13.6. The summed E-state index contributed by atoms with van der Waals surface area (Å²) in [6.07, 6.45) is 5.35. The van der Waals surface area contributed by atoms with Crippen LogP contribution in [-0.4, -0.2) is 41.4 Å². The van der Waals surface area contributed by atoms with Gasteiger partial charge < -0.3 is 10.4 Å². The molecule has 0 aliphatic heterocycles. The van der Waals surface area contributed by atoms with Gasteiger partial charge in [-0.2, -0.15) is 10.4 Å². The molecule has 9 nitrogen and oxygen atoms in total. The maximum Gasteiger partial charge on any atom is 0.153 e. The molecular formula is C25H20N8O. The summed E-state index contributed by atoms with van der Waals surface area (Å²) >= 11 is 0. The molecule has 0 saturated heterocycles. The normalized spacial score (nSPS) is 10.9. The van der Waals surface area contributed by atoms with Crippen LogP contribution in [0.5, 0.6) is 0 Å². The standard InChI is InChI=1S/C25H20N8O/c1-16-2-6-23(32-31-16)29-20-4-5-22-21(11-20)28-15-33(22)24-7-3-18(8-9-34)25(30-24)19-10-17(12-26)13-27-14-19/h2-7,10-11,13-15,34H,8-9H2,1H3,(H,29,32). The molecule has 0 saturated carbocycles. The van der Waals surface area contributed by atoms with E-state index in [0.717, 1.165) is 33.5 Å². The third-order valence-corrected chi connectivity index (χ3v) is 5.35. The number of fused-ring (bicyclic) bond motifs is 1. The van der Waals surface area contributed by atoms with Crippen molar-refractivity contribution in [3.8, 4) is 23.1 Å². The Balaban J connectivity index is 1.52. The molecular weight excluding hydrogens is 428 g/mol. The van der Waals surface area contributed by atoms with Gasteiger partial charge in [0.1, 0.15) is 18.2 Å². The molecule has 2 N–H and O–H groups in total. The van der Waals surface area contributed by atoms with Crippen LogP contribution in [0.25, 0.3) is 28.1 Å². The molecule has 0 unspecified atom stereocenters. The molecule has 1 aromatic carbocycles. The number of benzene rings is 1. The van der Waals surface area contributed by atoms with Crippen LogP contribution in [0, 0.1) is 18.3 Å². The molecule has 5 rings (SSSR count). The number of nitriles is 1. The molecule has 4 aromatic heterocycles. The number of imidazole rings is 1. The van der Waals surface area contributed by atoms with Gasteiger partial charge in [0.25, 0.3) is 0 Å². The molecule has 166 valence electrons. The highest BCUT2D eigenvalue weighted by molar-refractivity contribution is 5.82. The van der Waals surface area contributed by atoms with E-state index in [1.165, 1.54) is 6.20 Å². The monoisotopic (exact) mass is 448 g/mol. The predicted molar refractivity (Wildman–Crippen MR) is 128 cm³/mol. The minimum absolute atomic E-state index is 0.00542. The Hall–Kier alpha value is -4.68. The molecule has 0 aliphatic carbocycles. The maximum atomic E-state index is 9.51. The van der Waals surface area contributed by atoms with Crippen molar-refractivity contribution in [3.05, 3.63) is 84.1 Å². The van der Waals surface area contributed by atoms with Crippen LogP contribution < -0.4 is 5.32 Å². The van der Waals surface area contributed by atoms with Gasteiger partial charge in [0.05, 0.1) is 28.0 Å². The van der Waals surface area contributed by atoms with Gasteiger partial charge in [-0.1, -0.05) is 6.07 Å². The van der Waals surface area contributed by atoms with Crippen molar-refractivity contribution in [1.82, 2.24) is 29.7 Å². The zero-order chi connectivity index (χ0) is 23.5. The van der Waals surface area contributed by atoms with Gasteiger partial charge in [-0.15, -0.1) is 5.10 Å². The first kappa shape index (κ1) is 21.2. The lowest BCUT2D eigenvalue weighted by Crippen LogP contribution is -2.03. The maximum absolute atomic E-state index is 9.51. The second-order valence-electron chi connectivity index (χ2n) is 7.73. The molecule has 4 heterocycles. The average Bonchev–Trinajstić information content (AvgIpc) is 3.29. The van der Waals surface area contributed by atoms with Crippen LogP contribution in [0.2, 0.25) is 0 Å². The average molecular weight is 448 g/mol. The second-order valence-corrected chi connectivity index (χ2v) is 7.73. The number of nitrogens with zero attached hydrogens (tertiary/aromatic N) is 7. The molecule has 9 heteroatoms. The Morgan fingerprint density at radius 3 is 2.76 bits per heavy atom. The molecule has 0 fully saturated rings. The third kappa shape index (κ3) is 4.18. The molecule has 0 bridgehead atoms. The lowest BCUT2D eigenvalue weighted by Gasteiger charge is -2.12. The van der Waals surface area contributed by atoms with Crippen molar-refractivity contribution in [2.45, 2.75) is 13.3 Å². The van der Waals surface area contributed by atoms with E-state index in [9.17, 15) is 10.4 Å². The Morgan fingerprint density at radius 2 is 1.97 bits per heavy atom. The Labute approximate surface area is 195 Å².